The van der Waals surface area contributed by atoms with E-state index in [0.29, 0.717) is 28.7 Å². The second-order valence-corrected chi connectivity index (χ2v) is 8.33. The van der Waals surface area contributed by atoms with E-state index in [1.807, 2.05) is 28.6 Å². The molecule has 1 aromatic carbocycles. The van der Waals surface area contributed by atoms with Crippen molar-refractivity contribution in [1.29, 1.82) is 0 Å². The van der Waals surface area contributed by atoms with Crippen molar-refractivity contribution >= 4 is 18.0 Å². The van der Waals surface area contributed by atoms with Gasteiger partial charge in [-0.2, -0.15) is 5.10 Å². The number of hydrogen-bond acceptors (Lipinski definition) is 6. The number of rotatable bonds is 6. The maximum Gasteiger partial charge on any atom is 0.245 e. The highest BCUT2D eigenvalue weighted by molar-refractivity contribution is 5.93. The number of fused-ring (bicyclic) bond motifs is 1. The Kier molecular flexibility index (Phi) is 6.21. The molecule has 2 aliphatic heterocycles. The zero-order valence-corrected chi connectivity index (χ0v) is 18.9. The molecule has 8 nitrogen and oxygen atoms in total. The van der Waals surface area contributed by atoms with E-state index in [-0.39, 0.29) is 11.9 Å². The highest BCUT2D eigenvalue weighted by Crippen LogP contribution is 2.41. The molecule has 8 heteroatoms. The monoisotopic (exact) mass is 438 g/mol. The van der Waals surface area contributed by atoms with Crippen LogP contribution in [0.2, 0.25) is 0 Å². The third-order valence-corrected chi connectivity index (χ3v) is 6.71. The van der Waals surface area contributed by atoms with Gasteiger partial charge in [-0.15, -0.1) is 0 Å². The van der Waals surface area contributed by atoms with Crippen molar-refractivity contribution in [2.75, 3.05) is 39.2 Å². The molecule has 1 aromatic heterocycles. The molecule has 1 amide bonds. The predicted molar refractivity (Wildman–Crippen MR) is 123 cm³/mol. The number of piperidine rings is 1. The van der Waals surface area contributed by atoms with Crippen LogP contribution in [0, 0.1) is 12.8 Å². The van der Waals surface area contributed by atoms with Crippen molar-refractivity contribution in [1.82, 2.24) is 14.7 Å². The van der Waals surface area contributed by atoms with Gasteiger partial charge < -0.3 is 19.7 Å². The predicted octanol–water partition coefficient (Wildman–Crippen LogP) is 3.47. The molecule has 1 atom stereocenters. The minimum atomic E-state index is -0.0127. The zero-order valence-electron chi connectivity index (χ0n) is 18.9. The Morgan fingerprint density at radius 2 is 1.84 bits per heavy atom. The fourth-order valence-corrected chi connectivity index (χ4v) is 4.94. The summed E-state index contributed by atoms with van der Waals surface area (Å²) in [4.78, 5) is 25.9. The molecule has 0 saturated carbocycles. The smallest absolute Gasteiger partial charge is 0.245 e. The molecular formula is C24H30N4O4. The molecule has 32 heavy (non-hydrogen) atoms. The fourth-order valence-electron chi connectivity index (χ4n) is 4.94. The lowest BCUT2D eigenvalue weighted by Crippen LogP contribution is -2.41. The molecule has 1 N–H and O–H groups in total. The number of carbonyl (C=O) groups is 2. The fraction of sp³-hybridized carbons (Fsp3) is 0.458. The molecule has 1 fully saturated rings. The summed E-state index contributed by atoms with van der Waals surface area (Å²) in [5.74, 6) is 2.51. The van der Waals surface area contributed by atoms with Crippen LogP contribution in [-0.4, -0.2) is 60.7 Å². The standard InChI is InChI=1S/C24H30N4O4/c1-5-22(30)27-10-7-16(8-11-27)19-6-9-25-24-18(14-29)23(26-28(19)24)17-12-20(31-3)15(2)21(13-17)32-4/h5,12-14,16,19,25H,1,6-11H2,2-4H3/t19-/m1/s1. The minimum absolute atomic E-state index is 0.0127. The second-order valence-electron chi connectivity index (χ2n) is 8.33. The summed E-state index contributed by atoms with van der Waals surface area (Å²) in [6, 6.07) is 3.97. The van der Waals surface area contributed by atoms with Crippen molar-refractivity contribution < 1.29 is 19.1 Å². The van der Waals surface area contributed by atoms with Crippen molar-refractivity contribution in [3.05, 3.63) is 35.9 Å². The van der Waals surface area contributed by atoms with E-state index in [1.165, 1.54) is 6.08 Å². The van der Waals surface area contributed by atoms with Crippen LogP contribution in [0.15, 0.2) is 24.8 Å². The summed E-state index contributed by atoms with van der Waals surface area (Å²) in [5, 5.41) is 8.29. The summed E-state index contributed by atoms with van der Waals surface area (Å²) >= 11 is 0. The van der Waals surface area contributed by atoms with E-state index in [9.17, 15) is 9.59 Å². The van der Waals surface area contributed by atoms with Gasteiger partial charge in [-0.1, -0.05) is 6.58 Å². The van der Waals surface area contributed by atoms with Gasteiger partial charge in [0.15, 0.2) is 6.29 Å². The number of hydrogen-bond donors (Lipinski definition) is 1. The zero-order chi connectivity index (χ0) is 22.8. The molecule has 3 heterocycles. The van der Waals surface area contributed by atoms with Crippen LogP contribution >= 0.6 is 0 Å². The van der Waals surface area contributed by atoms with Crippen LogP contribution in [0.4, 0.5) is 5.82 Å². The van der Waals surface area contributed by atoms with Crippen LogP contribution in [-0.2, 0) is 4.79 Å². The summed E-state index contributed by atoms with van der Waals surface area (Å²) in [5.41, 5.74) is 2.83. The Hall–Kier alpha value is -3.29. The van der Waals surface area contributed by atoms with E-state index < -0.39 is 0 Å². The van der Waals surface area contributed by atoms with Gasteiger partial charge in [0.25, 0.3) is 0 Å². The maximum atomic E-state index is 12.1. The van der Waals surface area contributed by atoms with Gasteiger partial charge in [0.2, 0.25) is 5.91 Å². The van der Waals surface area contributed by atoms with E-state index >= 15 is 0 Å². The first-order valence-electron chi connectivity index (χ1n) is 11.0. The largest absolute Gasteiger partial charge is 0.496 e. The van der Waals surface area contributed by atoms with Gasteiger partial charge in [0, 0.05) is 30.8 Å². The van der Waals surface area contributed by atoms with Crippen LogP contribution < -0.4 is 14.8 Å². The number of aldehydes is 1. The van der Waals surface area contributed by atoms with Gasteiger partial charge in [-0.3, -0.25) is 9.59 Å². The number of anilines is 1. The molecule has 0 unspecified atom stereocenters. The Morgan fingerprint density at radius 3 is 2.41 bits per heavy atom. The lowest BCUT2D eigenvalue weighted by atomic mass is 9.87. The first-order chi connectivity index (χ1) is 15.5. The van der Waals surface area contributed by atoms with Crippen molar-refractivity contribution in [2.45, 2.75) is 32.2 Å². The number of methoxy groups -OCH3 is 2. The molecule has 0 aliphatic carbocycles. The van der Waals surface area contributed by atoms with Crippen molar-refractivity contribution in [3.63, 3.8) is 0 Å². The van der Waals surface area contributed by atoms with Gasteiger partial charge in [0.05, 0.1) is 25.8 Å². The topological polar surface area (TPSA) is 85.7 Å². The maximum absolute atomic E-state index is 12.1. The van der Waals surface area contributed by atoms with E-state index in [0.717, 1.165) is 62.1 Å². The molecule has 0 radical (unpaired) electrons. The van der Waals surface area contributed by atoms with Crippen LogP contribution in [0.1, 0.15) is 41.2 Å². The number of nitrogens with zero attached hydrogens (tertiary/aromatic N) is 3. The number of benzene rings is 1. The van der Waals surface area contributed by atoms with Crippen LogP contribution in [0.5, 0.6) is 11.5 Å². The summed E-state index contributed by atoms with van der Waals surface area (Å²) in [7, 11) is 3.23. The lowest BCUT2D eigenvalue weighted by molar-refractivity contribution is -0.127. The molecular weight excluding hydrogens is 408 g/mol. The molecule has 4 rings (SSSR count). The average molecular weight is 439 g/mol. The Balaban J connectivity index is 1.70. The highest BCUT2D eigenvalue weighted by Gasteiger charge is 2.34. The quantitative estimate of drug-likeness (QED) is 0.549. The molecule has 1 saturated heterocycles. The molecule has 2 aromatic rings. The Morgan fingerprint density at radius 1 is 1.19 bits per heavy atom. The normalized spacial score (nSPS) is 18.5. The Labute approximate surface area is 188 Å². The first kappa shape index (κ1) is 21.9. The van der Waals surface area contributed by atoms with E-state index in [1.54, 1.807) is 14.2 Å². The van der Waals surface area contributed by atoms with E-state index in [4.69, 9.17) is 14.6 Å². The second kappa shape index (κ2) is 9.06. The minimum Gasteiger partial charge on any atom is -0.496 e. The number of nitrogens with one attached hydrogen (secondary N) is 1. The summed E-state index contributed by atoms with van der Waals surface area (Å²) in [6.07, 6.45) is 4.98. The molecule has 0 spiro atoms. The van der Waals surface area contributed by atoms with Crippen molar-refractivity contribution in [3.8, 4) is 22.8 Å². The average Bonchev–Trinajstić information content (AvgIpc) is 3.22. The van der Waals surface area contributed by atoms with Crippen LogP contribution in [0.25, 0.3) is 11.3 Å². The summed E-state index contributed by atoms with van der Waals surface area (Å²) < 4.78 is 13.0. The van der Waals surface area contributed by atoms with Crippen LogP contribution in [0.3, 0.4) is 0 Å². The molecule has 170 valence electrons. The van der Waals surface area contributed by atoms with Crippen molar-refractivity contribution in [2.24, 2.45) is 5.92 Å². The van der Waals surface area contributed by atoms with Gasteiger partial charge in [-0.25, -0.2) is 4.68 Å². The number of ether oxygens (including phenoxy) is 2. The number of carbonyl (C=O) groups excluding carboxylic acids is 2. The Bertz CT molecular complexity index is 1010. The highest BCUT2D eigenvalue weighted by atomic mass is 16.5. The van der Waals surface area contributed by atoms with E-state index in [2.05, 4.69) is 11.9 Å². The number of amides is 1. The molecule has 2 aliphatic rings. The summed E-state index contributed by atoms with van der Waals surface area (Å²) in [6.45, 7) is 7.74. The lowest BCUT2D eigenvalue weighted by Gasteiger charge is -2.38. The van der Waals surface area contributed by atoms with Gasteiger partial charge in [0.1, 0.15) is 23.0 Å². The SMILES string of the molecule is C=CC(=O)N1CCC([C@H]2CCNc3c(C=O)c(-c4cc(OC)c(C)c(OC)c4)nn32)CC1. The first-order valence-corrected chi connectivity index (χ1v) is 11.0. The van der Waals surface area contributed by atoms with Gasteiger partial charge >= 0.3 is 0 Å². The number of likely N-dealkylation sites (tertiary alicyclic amines) is 1. The third kappa shape index (κ3) is 3.74. The third-order valence-electron chi connectivity index (χ3n) is 6.71. The molecule has 0 bridgehead atoms. The van der Waals surface area contributed by atoms with Gasteiger partial charge in [-0.05, 0) is 50.3 Å². The number of aromatic nitrogens is 2.